The van der Waals surface area contributed by atoms with Crippen LogP contribution in [0.4, 0.5) is 10.5 Å². The first-order valence-electron chi connectivity index (χ1n) is 11.1. The minimum absolute atomic E-state index is 0.0658. The van der Waals surface area contributed by atoms with E-state index in [4.69, 9.17) is 9.73 Å². The molecule has 160 valence electrons. The molecule has 7 nitrogen and oxygen atoms in total. The molecule has 1 saturated heterocycles. The summed E-state index contributed by atoms with van der Waals surface area (Å²) in [5, 5.41) is 3.57. The van der Waals surface area contributed by atoms with Gasteiger partial charge < -0.3 is 19.9 Å². The van der Waals surface area contributed by atoms with Crippen molar-refractivity contribution in [3.8, 4) is 0 Å². The van der Waals surface area contributed by atoms with E-state index in [9.17, 15) is 9.59 Å². The number of hydrogen-bond donors (Lipinski definition) is 1. The quantitative estimate of drug-likeness (QED) is 0.832. The van der Waals surface area contributed by atoms with Gasteiger partial charge in [0.15, 0.2) is 0 Å². The molecule has 3 heterocycles. The predicted molar refractivity (Wildman–Crippen MR) is 115 cm³/mol. The summed E-state index contributed by atoms with van der Waals surface area (Å²) in [6.07, 6.45) is 4.24. The van der Waals surface area contributed by atoms with E-state index < -0.39 is 5.41 Å². The van der Waals surface area contributed by atoms with Gasteiger partial charge in [0.25, 0.3) is 0 Å². The van der Waals surface area contributed by atoms with Crippen LogP contribution in [0, 0.1) is 6.92 Å². The number of amidine groups is 1. The van der Waals surface area contributed by atoms with Gasteiger partial charge in [-0.25, -0.2) is 4.79 Å². The number of rotatable bonds is 3. The second-order valence-electron chi connectivity index (χ2n) is 9.46. The minimum atomic E-state index is -0.663. The zero-order chi connectivity index (χ0) is 21.0. The average Bonchev–Trinajstić information content (AvgIpc) is 3.17. The number of carbonyl (C=O) groups excluding carboxylic acids is 2. The molecule has 1 aliphatic carbocycles. The number of nitrogens with zero attached hydrogens (tertiary/aromatic N) is 3. The van der Waals surface area contributed by atoms with Crippen molar-refractivity contribution in [3.63, 3.8) is 0 Å². The first-order chi connectivity index (χ1) is 14.4. The SMILES string of the molecule is Cc1ccc2c(c1)C1(CN(C(=O)OC(C)C)C1)C(=O)N2CC1=NC2CCCCC2N1. The largest absolute Gasteiger partial charge is 0.447 e. The highest BCUT2D eigenvalue weighted by molar-refractivity contribution is 6.12. The Labute approximate surface area is 177 Å². The summed E-state index contributed by atoms with van der Waals surface area (Å²) >= 11 is 0. The summed E-state index contributed by atoms with van der Waals surface area (Å²) in [7, 11) is 0. The fourth-order valence-corrected chi connectivity index (χ4v) is 5.35. The topological polar surface area (TPSA) is 74.2 Å². The maximum Gasteiger partial charge on any atom is 0.410 e. The molecule has 0 radical (unpaired) electrons. The van der Waals surface area contributed by atoms with E-state index >= 15 is 0 Å². The number of hydrogen-bond acceptors (Lipinski definition) is 5. The van der Waals surface area contributed by atoms with Gasteiger partial charge in [0.1, 0.15) is 11.3 Å². The maximum atomic E-state index is 13.6. The highest BCUT2D eigenvalue weighted by atomic mass is 16.6. The lowest BCUT2D eigenvalue weighted by molar-refractivity contribution is -0.128. The summed E-state index contributed by atoms with van der Waals surface area (Å²) in [5.41, 5.74) is 2.43. The van der Waals surface area contributed by atoms with Gasteiger partial charge in [-0.1, -0.05) is 30.5 Å². The molecule has 1 aromatic rings. The summed E-state index contributed by atoms with van der Waals surface area (Å²) in [5.74, 6) is 0.982. The number of nitrogens with one attached hydrogen (secondary N) is 1. The van der Waals surface area contributed by atoms with Gasteiger partial charge in [0.05, 0.1) is 18.7 Å². The zero-order valence-electron chi connectivity index (χ0n) is 18.0. The molecular weight excluding hydrogens is 380 g/mol. The first-order valence-corrected chi connectivity index (χ1v) is 11.1. The van der Waals surface area contributed by atoms with E-state index in [0.717, 1.165) is 35.5 Å². The van der Waals surface area contributed by atoms with Crippen LogP contribution in [0.1, 0.15) is 50.7 Å². The van der Waals surface area contributed by atoms with Crippen LogP contribution < -0.4 is 10.2 Å². The maximum absolute atomic E-state index is 13.6. The van der Waals surface area contributed by atoms with E-state index in [1.54, 1.807) is 4.90 Å². The lowest BCUT2D eigenvalue weighted by Gasteiger charge is -2.46. The zero-order valence-corrected chi connectivity index (χ0v) is 18.0. The third-order valence-corrected chi connectivity index (χ3v) is 6.84. The molecule has 0 bridgehead atoms. The van der Waals surface area contributed by atoms with Crippen molar-refractivity contribution in [2.24, 2.45) is 4.99 Å². The smallest absolute Gasteiger partial charge is 0.410 e. The molecule has 3 aliphatic heterocycles. The van der Waals surface area contributed by atoms with E-state index in [-0.39, 0.29) is 18.1 Å². The van der Waals surface area contributed by atoms with E-state index in [2.05, 4.69) is 11.4 Å². The lowest BCUT2D eigenvalue weighted by Crippen LogP contribution is -2.65. The number of anilines is 1. The number of aryl methyl sites for hydroxylation is 1. The van der Waals surface area contributed by atoms with E-state index in [1.807, 2.05) is 37.8 Å². The number of ether oxygens (including phenoxy) is 1. The Hall–Kier alpha value is -2.57. The fourth-order valence-electron chi connectivity index (χ4n) is 5.35. The molecule has 30 heavy (non-hydrogen) atoms. The van der Waals surface area contributed by atoms with Crippen LogP contribution in [0.15, 0.2) is 23.2 Å². The molecule has 5 rings (SSSR count). The Morgan fingerprint density at radius 1 is 1.30 bits per heavy atom. The Morgan fingerprint density at radius 3 is 2.80 bits per heavy atom. The van der Waals surface area contributed by atoms with Crippen LogP contribution in [0.25, 0.3) is 0 Å². The Bertz CT molecular complexity index is 919. The first kappa shape index (κ1) is 19.4. The Balaban J connectivity index is 1.39. The molecule has 1 N–H and O–H groups in total. The molecule has 1 aromatic carbocycles. The second-order valence-corrected chi connectivity index (χ2v) is 9.46. The second kappa shape index (κ2) is 7.00. The van der Waals surface area contributed by atoms with Crippen molar-refractivity contribution >= 4 is 23.5 Å². The molecule has 1 saturated carbocycles. The van der Waals surface area contributed by atoms with Gasteiger partial charge in [-0.15, -0.1) is 0 Å². The predicted octanol–water partition coefficient (Wildman–Crippen LogP) is 2.75. The van der Waals surface area contributed by atoms with Crippen LogP contribution in [0.3, 0.4) is 0 Å². The monoisotopic (exact) mass is 410 g/mol. The molecule has 2 fully saturated rings. The lowest BCUT2D eigenvalue weighted by atomic mass is 9.74. The summed E-state index contributed by atoms with van der Waals surface area (Å²) in [6.45, 7) is 6.92. The molecule has 4 aliphatic rings. The standard InChI is InChI=1S/C23H30N4O3/c1-14(2)30-22(29)26-12-23(13-26)16-10-15(3)8-9-19(16)27(21(23)28)11-20-24-17-6-4-5-7-18(17)25-20/h8-10,14,17-18H,4-7,11-13H2,1-3H3,(H,24,25). The van der Waals surface area contributed by atoms with Crippen LogP contribution in [-0.2, 0) is 14.9 Å². The summed E-state index contributed by atoms with van der Waals surface area (Å²) in [4.78, 5) is 34.3. The highest BCUT2D eigenvalue weighted by Crippen LogP contribution is 2.48. The van der Waals surface area contributed by atoms with Gasteiger partial charge in [-0.3, -0.25) is 9.79 Å². The van der Waals surface area contributed by atoms with Crippen molar-refractivity contribution in [1.82, 2.24) is 10.2 Å². The van der Waals surface area contributed by atoms with Gasteiger partial charge in [-0.05, 0) is 45.2 Å². The van der Waals surface area contributed by atoms with Gasteiger partial charge in [-0.2, -0.15) is 0 Å². The van der Waals surface area contributed by atoms with Crippen molar-refractivity contribution in [1.29, 1.82) is 0 Å². The molecule has 7 heteroatoms. The van der Waals surface area contributed by atoms with Crippen LogP contribution in [0.2, 0.25) is 0 Å². The third kappa shape index (κ3) is 2.97. The number of aliphatic imine (C=N–C) groups is 1. The van der Waals surface area contributed by atoms with Gasteiger partial charge >= 0.3 is 6.09 Å². The number of carbonyl (C=O) groups is 2. The van der Waals surface area contributed by atoms with Gasteiger partial charge in [0.2, 0.25) is 5.91 Å². The molecular formula is C23H30N4O3. The van der Waals surface area contributed by atoms with Gasteiger partial charge in [0, 0.05) is 24.8 Å². The van der Waals surface area contributed by atoms with Crippen LogP contribution >= 0.6 is 0 Å². The Kier molecular flexibility index (Phi) is 4.52. The third-order valence-electron chi connectivity index (χ3n) is 6.84. The Morgan fingerprint density at radius 2 is 2.07 bits per heavy atom. The molecule has 0 aromatic heterocycles. The number of likely N-dealkylation sites (tertiary alicyclic amines) is 1. The van der Waals surface area contributed by atoms with Crippen LogP contribution in [-0.4, -0.2) is 60.6 Å². The highest BCUT2D eigenvalue weighted by Gasteiger charge is 2.59. The van der Waals surface area contributed by atoms with Crippen molar-refractivity contribution in [2.45, 2.75) is 70.1 Å². The van der Waals surface area contributed by atoms with Crippen molar-refractivity contribution < 1.29 is 14.3 Å². The van der Waals surface area contributed by atoms with E-state index in [0.29, 0.717) is 31.7 Å². The normalized spacial score (nSPS) is 26.3. The number of amides is 2. The molecule has 2 unspecified atom stereocenters. The minimum Gasteiger partial charge on any atom is -0.447 e. The number of fused-ring (bicyclic) bond motifs is 3. The number of benzene rings is 1. The van der Waals surface area contributed by atoms with Crippen molar-refractivity contribution in [2.75, 3.05) is 24.5 Å². The molecule has 2 atom stereocenters. The van der Waals surface area contributed by atoms with Crippen molar-refractivity contribution in [3.05, 3.63) is 29.3 Å². The fraction of sp³-hybridized carbons (Fsp3) is 0.609. The summed E-state index contributed by atoms with van der Waals surface area (Å²) in [6, 6.07) is 6.95. The molecule has 2 amide bonds. The average molecular weight is 411 g/mol. The summed E-state index contributed by atoms with van der Waals surface area (Å²) < 4.78 is 5.33. The molecule has 1 spiro atoms. The van der Waals surface area contributed by atoms with E-state index in [1.165, 1.54) is 12.8 Å². The van der Waals surface area contributed by atoms with Crippen LogP contribution in [0.5, 0.6) is 0 Å².